The van der Waals surface area contributed by atoms with E-state index in [1.165, 1.54) is 21.9 Å². The molecule has 0 saturated carbocycles. The highest BCUT2D eigenvalue weighted by Gasteiger charge is 2.20. The largest absolute Gasteiger partial charge is 0.497 e. The van der Waals surface area contributed by atoms with E-state index in [4.69, 9.17) is 4.74 Å². The number of aliphatic hydroxyl groups excluding tert-OH is 1. The number of rotatable bonds is 3. The molecule has 22 heavy (non-hydrogen) atoms. The second kappa shape index (κ2) is 5.15. The number of ether oxygens (including phenoxy) is 1. The molecule has 0 radical (unpaired) electrons. The Morgan fingerprint density at radius 3 is 2.55 bits per heavy atom. The summed E-state index contributed by atoms with van der Waals surface area (Å²) in [5, 5.41) is 13.4. The van der Waals surface area contributed by atoms with Gasteiger partial charge in [0.2, 0.25) is 0 Å². The molecule has 0 aromatic heterocycles. The minimum Gasteiger partial charge on any atom is -0.497 e. The molecule has 1 aliphatic carbocycles. The molecule has 2 heteroatoms. The molecule has 0 saturated heterocycles. The zero-order valence-corrected chi connectivity index (χ0v) is 12.5. The van der Waals surface area contributed by atoms with E-state index in [2.05, 4.69) is 30.3 Å². The Morgan fingerprint density at radius 1 is 0.955 bits per heavy atom. The highest BCUT2D eigenvalue weighted by molar-refractivity contribution is 5.93. The molecular weight excluding hydrogens is 272 g/mol. The minimum absolute atomic E-state index is 0.639. The fourth-order valence-corrected chi connectivity index (χ4v) is 3.50. The Hall–Kier alpha value is -2.32. The molecule has 0 aliphatic heterocycles. The van der Waals surface area contributed by atoms with E-state index in [0.29, 0.717) is 0 Å². The summed E-state index contributed by atoms with van der Waals surface area (Å²) in [6, 6.07) is 18.3. The van der Waals surface area contributed by atoms with Gasteiger partial charge < -0.3 is 9.84 Å². The number of aryl methyl sites for hydroxylation is 2. The molecule has 1 unspecified atom stereocenters. The number of aliphatic hydroxyl groups is 1. The van der Waals surface area contributed by atoms with E-state index in [0.717, 1.165) is 29.7 Å². The average Bonchev–Trinajstić information content (AvgIpc) is 3.00. The van der Waals surface area contributed by atoms with Crippen LogP contribution in [0.3, 0.4) is 0 Å². The van der Waals surface area contributed by atoms with Crippen molar-refractivity contribution in [2.75, 3.05) is 7.11 Å². The first-order valence-corrected chi connectivity index (χ1v) is 7.63. The molecule has 3 aromatic carbocycles. The highest BCUT2D eigenvalue weighted by atomic mass is 16.5. The smallest absolute Gasteiger partial charge is 0.119 e. The third-order valence-electron chi connectivity index (χ3n) is 4.61. The van der Waals surface area contributed by atoms with Crippen LogP contribution in [-0.4, -0.2) is 12.2 Å². The van der Waals surface area contributed by atoms with Crippen molar-refractivity contribution in [1.82, 2.24) is 0 Å². The quantitative estimate of drug-likeness (QED) is 0.789. The van der Waals surface area contributed by atoms with Crippen LogP contribution in [0.25, 0.3) is 10.8 Å². The van der Waals surface area contributed by atoms with Crippen LogP contribution >= 0.6 is 0 Å². The highest BCUT2D eigenvalue weighted by Crippen LogP contribution is 2.37. The van der Waals surface area contributed by atoms with Crippen LogP contribution in [0.1, 0.15) is 28.4 Å². The van der Waals surface area contributed by atoms with E-state index in [-0.39, 0.29) is 0 Å². The molecule has 2 nitrogen and oxygen atoms in total. The standard InChI is InChI=1S/C20H18O2/c1-22-16-6-2-5-15(12-16)20(21)18-11-10-14-9-8-13-4-3-7-17(18)19(13)14/h2-7,10-12,20-21H,8-9H2,1H3. The first-order chi connectivity index (χ1) is 10.8. The van der Waals surface area contributed by atoms with Crippen LogP contribution in [0.4, 0.5) is 0 Å². The predicted octanol–water partition coefficient (Wildman–Crippen LogP) is 4.03. The van der Waals surface area contributed by atoms with Gasteiger partial charge in [0.1, 0.15) is 11.9 Å². The van der Waals surface area contributed by atoms with Crippen molar-refractivity contribution in [2.24, 2.45) is 0 Å². The van der Waals surface area contributed by atoms with Crippen LogP contribution in [-0.2, 0) is 12.8 Å². The Morgan fingerprint density at radius 2 is 1.73 bits per heavy atom. The molecule has 4 rings (SSSR count). The van der Waals surface area contributed by atoms with Gasteiger partial charge in [-0.15, -0.1) is 0 Å². The maximum Gasteiger partial charge on any atom is 0.119 e. The van der Waals surface area contributed by atoms with Crippen LogP contribution in [0.15, 0.2) is 54.6 Å². The van der Waals surface area contributed by atoms with Gasteiger partial charge in [-0.25, -0.2) is 0 Å². The summed E-state index contributed by atoms with van der Waals surface area (Å²) in [7, 11) is 1.64. The average molecular weight is 290 g/mol. The van der Waals surface area contributed by atoms with Crippen LogP contribution in [0.2, 0.25) is 0 Å². The van der Waals surface area contributed by atoms with Gasteiger partial charge in [0.15, 0.2) is 0 Å². The Bertz CT molecular complexity index is 841. The van der Waals surface area contributed by atoms with E-state index < -0.39 is 6.10 Å². The van der Waals surface area contributed by atoms with Gasteiger partial charge >= 0.3 is 0 Å². The van der Waals surface area contributed by atoms with Crippen molar-refractivity contribution in [3.05, 3.63) is 76.9 Å². The van der Waals surface area contributed by atoms with Crippen molar-refractivity contribution in [3.63, 3.8) is 0 Å². The van der Waals surface area contributed by atoms with Gasteiger partial charge in [0.05, 0.1) is 7.11 Å². The SMILES string of the molecule is COc1cccc(C(O)c2ccc3c4c(cccc24)CC3)c1. The van der Waals surface area contributed by atoms with Crippen molar-refractivity contribution >= 4 is 10.8 Å². The van der Waals surface area contributed by atoms with Crippen molar-refractivity contribution in [1.29, 1.82) is 0 Å². The molecule has 0 bridgehead atoms. The molecule has 0 heterocycles. The van der Waals surface area contributed by atoms with Crippen LogP contribution in [0.5, 0.6) is 5.75 Å². The van der Waals surface area contributed by atoms with Crippen molar-refractivity contribution in [2.45, 2.75) is 18.9 Å². The molecule has 0 fully saturated rings. The summed E-state index contributed by atoms with van der Waals surface area (Å²) in [6.45, 7) is 0. The van der Waals surface area contributed by atoms with Crippen LogP contribution < -0.4 is 4.74 Å². The summed E-state index contributed by atoms with van der Waals surface area (Å²) < 4.78 is 5.27. The Balaban J connectivity index is 1.87. The lowest BCUT2D eigenvalue weighted by molar-refractivity contribution is 0.221. The number of hydrogen-bond donors (Lipinski definition) is 1. The second-order valence-electron chi connectivity index (χ2n) is 5.83. The van der Waals surface area contributed by atoms with Gasteiger partial charge in [-0.2, -0.15) is 0 Å². The van der Waals surface area contributed by atoms with Gasteiger partial charge in [0.25, 0.3) is 0 Å². The molecule has 0 spiro atoms. The number of methoxy groups -OCH3 is 1. The second-order valence-corrected chi connectivity index (χ2v) is 5.83. The summed E-state index contributed by atoms with van der Waals surface area (Å²) in [4.78, 5) is 0. The molecular formula is C20H18O2. The monoisotopic (exact) mass is 290 g/mol. The summed E-state index contributed by atoms with van der Waals surface area (Å²) in [5.41, 5.74) is 4.62. The maximum atomic E-state index is 10.9. The molecule has 1 N–H and O–H groups in total. The zero-order chi connectivity index (χ0) is 15.1. The van der Waals surface area contributed by atoms with Gasteiger partial charge in [-0.1, -0.05) is 42.5 Å². The van der Waals surface area contributed by atoms with Crippen molar-refractivity contribution in [3.8, 4) is 5.75 Å². The Kier molecular flexibility index (Phi) is 3.12. The lowest BCUT2D eigenvalue weighted by Crippen LogP contribution is -2.01. The lowest BCUT2D eigenvalue weighted by Gasteiger charge is -2.16. The summed E-state index contributed by atoms with van der Waals surface area (Å²) in [5.74, 6) is 0.766. The van der Waals surface area contributed by atoms with Gasteiger partial charge in [-0.05, 0) is 58.0 Å². The van der Waals surface area contributed by atoms with E-state index in [9.17, 15) is 5.11 Å². The van der Waals surface area contributed by atoms with Gasteiger partial charge in [0, 0.05) is 0 Å². The third-order valence-corrected chi connectivity index (χ3v) is 4.61. The van der Waals surface area contributed by atoms with Gasteiger partial charge in [-0.3, -0.25) is 0 Å². The molecule has 110 valence electrons. The fourth-order valence-electron chi connectivity index (χ4n) is 3.50. The number of benzene rings is 3. The van der Waals surface area contributed by atoms with E-state index >= 15 is 0 Å². The predicted molar refractivity (Wildman–Crippen MR) is 88.4 cm³/mol. The van der Waals surface area contributed by atoms with Crippen LogP contribution in [0, 0.1) is 0 Å². The molecule has 1 atom stereocenters. The minimum atomic E-state index is -0.639. The summed E-state index contributed by atoms with van der Waals surface area (Å²) in [6.07, 6.45) is 1.57. The first-order valence-electron chi connectivity index (χ1n) is 7.63. The topological polar surface area (TPSA) is 29.5 Å². The number of hydrogen-bond acceptors (Lipinski definition) is 2. The molecule has 1 aliphatic rings. The summed E-state index contributed by atoms with van der Waals surface area (Å²) >= 11 is 0. The first kappa shape index (κ1) is 13.4. The zero-order valence-electron chi connectivity index (χ0n) is 12.5. The third kappa shape index (κ3) is 1.99. The molecule has 0 amide bonds. The normalized spacial score (nSPS) is 14.3. The van der Waals surface area contributed by atoms with E-state index in [1.807, 2.05) is 24.3 Å². The van der Waals surface area contributed by atoms with E-state index in [1.54, 1.807) is 7.11 Å². The maximum absolute atomic E-state index is 10.9. The van der Waals surface area contributed by atoms with Crippen molar-refractivity contribution < 1.29 is 9.84 Å². The Labute approximate surface area is 130 Å². The fraction of sp³-hybridized carbons (Fsp3) is 0.200. The molecule has 3 aromatic rings. The lowest BCUT2D eigenvalue weighted by atomic mass is 9.93.